The summed E-state index contributed by atoms with van der Waals surface area (Å²) in [6, 6.07) is 13.8. The Kier molecular flexibility index (Phi) is 8.47. The summed E-state index contributed by atoms with van der Waals surface area (Å²) in [5, 5.41) is 2.63. The van der Waals surface area contributed by atoms with Gasteiger partial charge in [0.1, 0.15) is 0 Å². The van der Waals surface area contributed by atoms with Crippen LogP contribution in [0.5, 0.6) is 0 Å². The normalized spacial score (nSPS) is 11.4. The molecule has 1 N–H and O–H groups in total. The molecule has 0 aliphatic carbocycles. The topological polar surface area (TPSA) is 89.5 Å². The van der Waals surface area contributed by atoms with Crippen LogP contribution in [0.25, 0.3) is 0 Å². The predicted molar refractivity (Wildman–Crippen MR) is 115 cm³/mol. The third-order valence-electron chi connectivity index (χ3n) is 4.61. The number of anilines is 1. The molecule has 0 saturated carbocycles. The van der Waals surface area contributed by atoms with Crippen LogP contribution in [-0.2, 0) is 20.7 Å². The summed E-state index contributed by atoms with van der Waals surface area (Å²) >= 11 is 0. The fourth-order valence-corrected chi connectivity index (χ4v) is 2.85. The molecule has 0 saturated heterocycles. The third kappa shape index (κ3) is 6.95. The Balaban J connectivity index is 1.79. The van der Waals surface area contributed by atoms with E-state index in [1.165, 1.54) is 19.4 Å². The van der Waals surface area contributed by atoms with Crippen molar-refractivity contribution in [2.45, 2.75) is 52.6 Å². The smallest absolute Gasteiger partial charge is 0.307 e. The first-order valence-electron chi connectivity index (χ1n) is 10.0. The Labute approximate surface area is 176 Å². The first kappa shape index (κ1) is 23.0. The second-order valence-corrected chi connectivity index (χ2v) is 7.12. The number of hydrogen-bond donors (Lipinski definition) is 1. The Bertz CT molecular complexity index is 900. The minimum absolute atomic E-state index is 0.0206. The zero-order valence-corrected chi connectivity index (χ0v) is 17.6. The van der Waals surface area contributed by atoms with E-state index >= 15 is 0 Å². The molecule has 2 rings (SSSR count). The summed E-state index contributed by atoms with van der Waals surface area (Å²) in [7, 11) is 0. The molecule has 0 fully saturated rings. The monoisotopic (exact) mass is 409 g/mol. The van der Waals surface area contributed by atoms with Crippen molar-refractivity contribution in [3.63, 3.8) is 0 Å². The summed E-state index contributed by atoms with van der Waals surface area (Å²) in [5.74, 6) is -1.31. The van der Waals surface area contributed by atoms with Gasteiger partial charge in [0, 0.05) is 23.2 Å². The zero-order chi connectivity index (χ0) is 22.1. The number of carbonyl (C=O) groups excluding carboxylic acids is 4. The van der Waals surface area contributed by atoms with E-state index in [1.54, 1.807) is 36.4 Å². The standard InChI is InChI=1S/C24H27NO5/c1-4-5-18-6-8-20(9-7-18)22(27)14-15-23(28)30-17(3)24(29)25-21-12-10-19(11-13-21)16(2)26/h6-13,17H,4-5,14-15H2,1-3H3,(H,25,29)/t17-/m1/s1. The lowest BCUT2D eigenvalue weighted by Crippen LogP contribution is -2.30. The number of ether oxygens (including phenoxy) is 1. The van der Waals surface area contributed by atoms with Gasteiger partial charge in [-0.15, -0.1) is 0 Å². The number of aryl methyl sites for hydroxylation is 1. The van der Waals surface area contributed by atoms with Gasteiger partial charge in [-0.25, -0.2) is 0 Å². The van der Waals surface area contributed by atoms with Crippen LogP contribution in [0.2, 0.25) is 0 Å². The number of ketones is 2. The lowest BCUT2D eigenvalue weighted by Gasteiger charge is -2.13. The van der Waals surface area contributed by atoms with E-state index in [9.17, 15) is 19.2 Å². The zero-order valence-electron chi connectivity index (χ0n) is 17.6. The fourth-order valence-electron chi connectivity index (χ4n) is 2.85. The number of benzene rings is 2. The van der Waals surface area contributed by atoms with Crippen molar-refractivity contribution >= 4 is 29.1 Å². The summed E-state index contributed by atoms with van der Waals surface area (Å²) < 4.78 is 5.13. The number of rotatable bonds is 10. The van der Waals surface area contributed by atoms with Crippen LogP contribution in [0.4, 0.5) is 5.69 Å². The van der Waals surface area contributed by atoms with Crippen molar-refractivity contribution in [3.8, 4) is 0 Å². The largest absolute Gasteiger partial charge is 0.453 e. The SMILES string of the molecule is CCCc1ccc(C(=O)CCC(=O)O[C@H](C)C(=O)Nc2ccc(C(C)=O)cc2)cc1. The maximum Gasteiger partial charge on any atom is 0.307 e. The Morgan fingerprint density at radius 2 is 1.50 bits per heavy atom. The van der Waals surface area contributed by atoms with Gasteiger partial charge in [-0.1, -0.05) is 37.6 Å². The highest BCUT2D eigenvalue weighted by atomic mass is 16.5. The first-order chi connectivity index (χ1) is 14.3. The maximum atomic E-state index is 12.2. The summed E-state index contributed by atoms with van der Waals surface area (Å²) in [6.07, 6.45) is 0.914. The van der Waals surface area contributed by atoms with E-state index in [0.717, 1.165) is 12.8 Å². The van der Waals surface area contributed by atoms with Crippen LogP contribution in [0.1, 0.15) is 66.3 Å². The van der Waals surface area contributed by atoms with Crippen molar-refractivity contribution in [2.24, 2.45) is 0 Å². The molecule has 158 valence electrons. The molecular weight excluding hydrogens is 382 g/mol. The average molecular weight is 409 g/mol. The van der Waals surface area contributed by atoms with Gasteiger partial charge in [-0.2, -0.15) is 0 Å². The average Bonchev–Trinajstić information content (AvgIpc) is 2.73. The highest BCUT2D eigenvalue weighted by Crippen LogP contribution is 2.13. The number of amides is 1. The van der Waals surface area contributed by atoms with Crippen LogP contribution in [0.3, 0.4) is 0 Å². The fraction of sp³-hybridized carbons (Fsp3) is 0.333. The minimum atomic E-state index is -1.01. The summed E-state index contributed by atoms with van der Waals surface area (Å²) in [5.41, 5.74) is 2.76. The number of hydrogen-bond acceptors (Lipinski definition) is 5. The van der Waals surface area contributed by atoms with E-state index in [4.69, 9.17) is 4.74 Å². The van der Waals surface area contributed by atoms with Gasteiger partial charge in [0.15, 0.2) is 17.7 Å². The predicted octanol–water partition coefficient (Wildman–Crippen LogP) is 4.38. The summed E-state index contributed by atoms with van der Waals surface area (Å²) in [4.78, 5) is 47.7. The van der Waals surface area contributed by atoms with Crippen molar-refractivity contribution in [2.75, 3.05) is 5.32 Å². The molecule has 2 aromatic rings. The van der Waals surface area contributed by atoms with Crippen LogP contribution < -0.4 is 5.32 Å². The van der Waals surface area contributed by atoms with E-state index in [-0.39, 0.29) is 24.4 Å². The van der Waals surface area contributed by atoms with Crippen LogP contribution in [0, 0.1) is 0 Å². The highest BCUT2D eigenvalue weighted by molar-refractivity contribution is 5.99. The Hall–Kier alpha value is -3.28. The van der Waals surface area contributed by atoms with Gasteiger partial charge in [-0.3, -0.25) is 19.2 Å². The second kappa shape index (κ2) is 11.0. The van der Waals surface area contributed by atoms with E-state index in [0.29, 0.717) is 16.8 Å². The van der Waals surface area contributed by atoms with Gasteiger partial charge >= 0.3 is 5.97 Å². The number of Topliss-reactive ketones (excluding diaryl/α,β-unsaturated/α-hetero) is 2. The van der Waals surface area contributed by atoms with Gasteiger partial charge < -0.3 is 10.1 Å². The van der Waals surface area contributed by atoms with Crippen molar-refractivity contribution < 1.29 is 23.9 Å². The molecule has 0 heterocycles. The molecule has 6 heteroatoms. The quantitative estimate of drug-likeness (QED) is 0.465. The summed E-state index contributed by atoms with van der Waals surface area (Å²) in [6.45, 7) is 5.02. The Morgan fingerprint density at radius 1 is 0.900 bits per heavy atom. The molecule has 0 aliphatic heterocycles. The third-order valence-corrected chi connectivity index (χ3v) is 4.61. The van der Waals surface area contributed by atoms with Gasteiger partial charge in [0.05, 0.1) is 6.42 Å². The molecule has 0 radical (unpaired) electrons. The van der Waals surface area contributed by atoms with Gasteiger partial charge in [0.25, 0.3) is 5.91 Å². The highest BCUT2D eigenvalue weighted by Gasteiger charge is 2.19. The van der Waals surface area contributed by atoms with Crippen LogP contribution >= 0.6 is 0 Å². The lowest BCUT2D eigenvalue weighted by atomic mass is 10.0. The molecule has 1 atom stereocenters. The first-order valence-corrected chi connectivity index (χ1v) is 10.0. The maximum absolute atomic E-state index is 12.2. The van der Waals surface area contributed by atoms with Crippen molar-refractivity contribution in [1.82, 2.24) is 0 Å². The van der Waals surface area contributed by atoms with Crippen LogP contribution in [0.15, 0.2) is 48.5 Å². The molecule has 30 heavy (non-hydrogen) atoms. The lowest BCUT2D eigenvalue weighted by molar-refractivity contribution is -0.153. The van der Waals surface area contributed by atoms with Crippen LogP contribution in [-0.4, -0.2) is 29.5 Å². The molecule has 0 spiro atoms. The van der Waals surface area contributed by atoms with E-state index in [1.807, 2.05) is 12.1 Å². The van der Waals surface area contributed by atoms with Gasteiger partial charge in [-0.05, 0) is 50.1 Å². The molecule has 0 aromatic heterocycles. The molecular formula is C24H27NO5. The van der Waals surface area contributed by atoms with Crippen molar-refractivity contribution in [3.05, 3.63) is 65.2 Å². The number of esters is 1. The molecule has 0 unspecified atom stereocenters. The second-order valence-electron chi connectivity index (χ2n) is 7.12. The molecule has 6 nitrogen and oxygen atoms in total. The number of nitrogens with one attached hydrogen (secondary N) is 1. The van der Waals surface area contributed by atoms with E-state index < -0.39 is 18.0 Å². The molecule has 0 bridgehead atoms. The van der Waals surface area contributed by atoms with Crippen molar-refractivity contribution in [1.29, 1.82) is 0 Å². The Morgan fingerprint density at radius 3 is 2.07 bits per heavy atom. The molecule has 0 aliphatic rings. The minimum Gasteiger partial charge on any atom is -0.453 e. The van der Waals surface area contributed by atoms with E-state index in [2.05, 4.69) is 12.2 Å². The molecule has 2 aromatic carbocycles. The molecule has 1 amide bonds. The number of carbonyl (C=O) groups is 4. The van der Waals surface area contributed by atoms with Gasteiger partial charge in [0.2, 0.25) is 0 Å².